The van der Waals surface area contributed by atoms with Crippen molar-refractivity contribution in [2.75, 3.05) is 13.7 Å². The topological polar surface area (TPSA) is 113 Å². The zero-order chi connectivity index (χ0) is 25.8. The molecule has 2 aromatic carbocycles. The summed E-state index contributed by atoms with van der Waals surface area (Å²) < 4.78 is 31.7. The van der Waals surface area contributed by atoms with Gasteiger partial charge in [0.1, 0.15) is 23.2 Å². The largest absolute Gasteiger partial charge is 0.497 e. The molecule has 3 rings (SSSR count). The molecule has 188 valence electrons. The molecule has 35 heavy (non-hydrogen) atoms. The molecular formula is C25H31N3O6S. The van der Waals surface area contributed by atoms with Gasteiger partial charge in [-0.1, -0.05) is 38.1 Å². The van der Waals surface area contributed by atoms with E-state index in [9.17, 15) is 22.8 Å². The molecule has 0 fully saturated rings. The number of carbonyl (C=O) groups excluding carboxylic acids is 3. The van der Waals surface area contributed by atoms with Crippen LogP contribution in [0.15, 0.2) is 53.4 Å². The second kappa shape index (κ2) is 10.9. The summed E-state index contributed by atoms with van der Waals surface area (Å²) in [6, 6.07) is 11.9. The molecule has 0 unspecified atom stereocenters. The molecule has 0 spiro atoms. The van der Waals surface area contributed by atoms with Crippen LogP contribution in [0.1, 0.15) is 49.5 Å². The molecule has 0 saturated carbocycles. The van der Waals surface area contributed by atoms with Crippen molar-refractivity contribution in [2.45, 2.75) is 57.1 Å². The van der Waals surface area contributed by atoms with Crippen molar-refractivity contribution in [2.24, 2.45) is 0 Å². The van der Waals surface area contributed by atoms with Gasteiger partial charge in [0.2, 0.25) is 11.8 Å². The van der Waals surface area contributed by atoms with Crippen molar-refractivity contribution in [3.8, 4) is 5.75 Å². The first-order valence-corrected chi connectivity index (χ1v) is 13.0. The molecule has 1 N–H and O–H groups in total. The molecule has 1 aliphatic rings. The Labute approximate surface area is 206 Å². The lowest BCUT2D eigenvalue weighted by atomic mass is 10.1. The van der Waals surface area contributed by atoms with Gasteiger partial charge in [0, 0.05) is 12.6 Å². The number of nitrogens with one attached hydrogen (secondary N) is 1. The van der Waals surface area contributed by atoms with Crippen molar-refractivity contribution in [1.29, 1.82) is 0 Å². The lowest BCUT2D eigenvalue weighted by Crippen LogP contribution is -2.53. The number of ether oxygens (including phenoxy) is 1. The number of rotatable bonds is 10. The van der Waals surface area contributed by atoms with Crippen LogP contribution in [0.25, 0.3) is 0 Å². The Hall–Kier alpha value is -3.40. The first-order valence-electron chi connectivity index (χ1n) is 11.5. The molecule has 2 aromatic rings. The van der Waals surface area contributed by atoms with E-state index in [4.69, 9.17) is 4.74 Å². The zero-order valence-electron chi connectivity index (χ0n) is 20.4. The lowest BCUT2D eigenvalue weighted by molar-refractivity contribution is -0.141. The Bertz CT molecular complexity index is 1200. The van der Waals surface area contributed by atoms with Gasteiger partial charge in [0.15, 0.2) is 0 Å². The molecule has 0 radical (unpaired) electrons. The number of amides is 3. The van der Waals surface area contributed by atoms with E-state index in [0.717, 1.165) is 5.56 Å². The summed E-state index contributed by atoms with van der Waals surface area (Å²) >= 11 is 0. The minimum atomic E-state index is -4.16. The van der Waals surface area contributed by atoms with Crippen molar-refractivity contribution < 1.29 is 27.5 Å². The minimum Gasteiger partial charge on any atom is -0.497 e. The fourth-order valence-electron chi connectivity index (χ4n) is 3.89. The van der Waals surface area contributed by atoms with Crippen LogP contribution in [0, 0.1) is 0 Å². The highest BCUT2D eigenvalue weighted by Crippen LogP contribution is 2.30. The smallest absolute Gasteiger partial charge is 0.269 e. The summed E-state index contributed by atoms with van der Waals surface area (Å²) in [5.74, 6) is -1.09. The highest BCUT2D eigenvalue weighted by atomic mass is 32.2. The van der Waals surface area contributed by atoms with Crippen molar-refractivity contribution in [1.82, 2.24) is 14.5 Å². The molecule has 1 heterocycles. The fraction of sp³-hybridized carbons (Fsp3) is 0.400. The van der Waals surface area contributed by atoms with E-state index >= 15 is 0 Å². The van der Waals surface area contributed by atoms with E-state index in [1.807, 2.05) is 13.8 Å². The average Bonchev–Trinajstić information content (AvgIpc) is 3.04. The van der Waals surface area contributed by atoms with Crippen molar-refractivity contribution in [3.63, 3.8) is 0 Å². The molecule has 3 amide bonds. The van der Waals surface area contributed by atoms with E-state index in [-0.39, 0.29) is 29.0 Å². The maximum atomic E-state index is 13.5. The van der Waals surface area contributed by atoms with E-state index in [2.05, 4.69) is 5.32 Å². The standard InChI is InChI=1S/C25H31N3O6S/c1-5-17(3)26-24(30)21(6-2)27(15-18-11-13-19(34-4)14-12-18)23(29)16-28-25(31)20-9-7-8-10-22(20)35(28,32)33/h7-14,17,21H,5-6,15-16H2,1-4H3,(H,26,30)/t17-,21+/m0/s1. The van der Waals surface area contributed by atoms with Crippen LogP contribution in [-0.4, -0.2) is 61.1 Å². The van der Waals surface area contributed by atoms with Crippen LogP contribution < -0.4 is 10.1 Å². The Kier molecular flexibility index (Phi) is 8.16. The van der Waals surface area contributed by atoms with E-state index < -0.39 is 34.4 Å². The van der Waals surface area contributed by atoms with Gasteiger partial charge >= 0.3 is 0 Å². The predicted octanol–water partition coefficient (Wildman–Crippen LogP) is 2.56. The highest BCUT2D eigenvalue weighted by Gasteiger charge is 2.43. The van der Waals surface area contributed by atoms with Crippen molar-refractivity contribution >= 4 is 27.7 Å². The molecule has 2 atom stereocenters. The molecule has 9 nitrogen and oxygen atoms in total. The van der Waals surface area contributed by atoms with Crippen LogP contribution >= 0.6 is 0 Å². The van der Waals surface area contributed by atoms with Crippen LogP contribution in [0.5, 0.6) is 5.75 Å². The van der Waals surface area contributed by atoms with Crippen LogP contribution in [0.2, 0.25) is 0 Å². The summed E-state index contributed by atoms with van der Waals surface area (Å²) in [4.78, 5) is 40.7. The number of hydrogen-bond acceptors (Lipinski definition) is 6. The average molecular weight is 502 g/mol. The van der Waals surface area contributed by atoms with Crippen molar-refractivity contribution in [3.05, 3.63) is 59.7 Å². The summed E-state index contributed by atoms with van der Waals surface area (Å²) in [5, 5.41) is 2.90. The SMILES string of the molecule is CC[C@H](C(=O)N[C@@H](C)CC)N(Cc1ccc(OC)cc1)C(=O)CN1C(=O)c2ccccc2S1(=O)=O. The molecule has 0 bridgehead atoms. The van der Waals surface area contributed by atoms with Gasteiger partial charge in [0.25, 0.3) is 15.9 Å². The number of carbonyl (C=O) groups is 3. The Morgan fingerprint density at radius 3 is 2.29 bits per heavy atom. The Morgan fingerprint density at radius 2 is 1.71 bits per heavy atom. The van der Waals surface area contributed by atoms with E-state index in [1.54, 1.807) is 44.4 Å². The fourth-order valence-corrected chi connectivity index (χ4v) is 5.41. The molecular weight excluding hydrogens is 470 g/mol. The molecule has 1 aliphatic heterocycles. The number of benzene rings is 2. The van der Waals surface area contributed by atoms with Crippen LogP contribution in [-0.2, 0) is 26.2 Å². The van der Waals surface area contributed by atoms with Gasteiger partial charge < -0.3 is 15.0 Å². The van der Waals surface area contributed by atoms with E-state index in [1.165, 1.54) is 23.1 Å². The van der Waals surface area contributed by atoms with Crippen LogP contribution in [0.4, 0.5) is 0 Å². The minimum absolute atomic E-state index is 0.0311. The van der Waals surface area contributed by atoms with Gasteiger partial charge in [-0.3, -0.25) is 14.4 Å². The monoisotopic (exact) mass is 501 g/mol. The predicted molar refractivity (Wildman–Crippen MR) is 130 cm³/mol. The summed E-state index contributed by atoms with van der Waals surface area (Å²) in [5.41, 5.74) is 0.761. The van der Waals surface area contributed by atoms with E-state index in [0.29, 0.717) is 22.9 Å². The maximum Gasteiger partial charge on any atom is 0.269 e. The summed E-state index contributed by atoms with van der Waals surface area (Å²) in [7, 11) is -2.62. The van der Waals surface area contributed by atoms with Crippen LogP contribution in [0.3, 0.4) is 0 Å². The Balaban J connectivity index is 1.92. The third-order valence-electron chi connectivity index (χ3n) is 6.09. The first kappa shape index (κ1) is 26.2. The third-order valence-corrected chi connectivity index (χ3v) is 7.88. The highest BCUT2D eigenvalue weighted by molar-refractivity contribution is 7.90. The van der Waals surface area contributed by atoms with Gasteiger partial charge in [-0.25, -0.2) is 12.7 Å². The van der Waals surface area contributed by atoms with Gasteiger partial charge in [-0.2, -0.15) is 0 Å². The van der Waals surface area contributed by atoms with Gasteiger partial charge in [-0.05, 0) is 49.6 Å². The second-order valence-corrected chi connectivity index (χ2v) is 10.3. The molecule has 10 heteroatoms. The third kappa shape index (κ3) is 5.48. The number of nitrogens with zero attached hydrogens (tertiary/aromatic N) is 2. The first-order chi connectivity index (χ1) is 16.6. The molecule has 0 aliphatic carbocycles. The Morgan fingerprint density at radius 1 is 1.06 bits per heavy atom. The summed E-state index contributed by atoms with van der Waals surface area (Å²) in [6.07, 6.45) is 1.03. The quantitative estimate of drug-likeness (QED) is 0.535. The second-order valence-electron chi connectivity index (χ2n) is 8.42. The maximum absolute atomic E-state index is 13.5. The summed E-state index contributed by atoms with van der Waals surface area (Å²) in [6.45, 7) is 4.95. The zero-order valence-corrected chi connectivity index (χ0v) is 21.2. The number of methoxy groups -OCH3 is 1. The number of hydrogen-bond donors (Lipinski definition) is 1. The molecule has 0 aromatic heterocycles. The van der Waals surface area contributed by atoms with Gasteiger partial charge in [-0.15, -0.1) is 0 Å². The molecule has 0 saturated heterocycles. The lowest BCUT2D eigenvalue weighted by Gasteiger charge is -2.32. The number of fused-ring (bicyclic) bond motifs is 1. The number of sulfonamides is 1. The van der Waals surface area contributed by atoms with Gasteiger partial charge in [0.05, 0.1) is 12.7 Å². The normalized spacial score (nSPS) is 15.8.